The summed E-state index contributed by atoms with van der Waals surface area (Å²) in [5, 5.41) is 5.42. The van der Waals surface area contributed by atoms with E-state index < -0.39 is 0 Å². The Morgan fingerprint density at radius 3 is 2.46 bits per heavy atom. The first-order valence-corrected chi connectivity index (χ1v) is 10.4. The zero-order valence-corrected chi connectivity index (χ0v) is 16.4. The van der Waals surface area contributed by atoms with E-state index in [1.807, 2.05) is 26.0 Å². The third-order valence-electron chi connectivity index (χ3n) is 5.78. The molecule has 26 heavy (non-hydrogen) atoms. The predicted molar refractivity (Wildman–Crippen MR) is 109 cm³/mol. The van der Waals surface area contributed by atoms with Crippen LogP contribution in [0.15, 0.2) is 28.8 Å². The Morgan fingerprint density at radius 2 is 1.73 bits per heavy atom. The van der Waals surface area contributed by atoms with Gasteiger partial charge in [0.05, 0.1) is 5.39 Å². The number of piperazine rings is 1. The van der Waals surface area contributed by atoms with Crippen molar-refractivity contribution in [2.24, 2.45) is 11.7 Å². The third kappa shape index (κ3) is 4.57. The maximum absolute atomic E-state index is 6.01. The molecule has 0 spiro atoms. The van der Waals surface area contributed by atoms with Crippen LogP contribution in [0.3, 0.4) is 0 Å². The van der Waals surface area contributed by atoms with E-state index in [4.69, 9.17) is 10.3 Å². The molecule has 5 nitrogen and oxygen atoms in total. The molecular formula is C21H34N4O. The maximum Gasteiger partial charge on any atom is 0.180 e. The first-order chi connectivity index (χ1) is 12.8. The summed E-state index contributed by atoms with van der Waals surface area (Å²) in [5.41, 5.74) is 6.89. The van der Waals surface area contributed by atoms with E-state index in [-0.39, 0.29) is 0 Å². The summed E-state index contributed by atoms with van der Waals surface area (Å²) in [4.78, 5) is 4.97. The fourth-order valence-corrected chi connectivity index (χ4v) is 4.13. The largest absolute Gasteiger partial charge is 0.354 e. The highest BCUT2D eigenvalue weighted by Crippen LogP contribution is 2.28. The van der Waals surface area contributed by atoms with Crippen LogP contribution in [0.25, 0.3) is 11.0 Å². The number of aromatic nitrogens is 1. The predicted octanol–water partition coefficient (Wildman–Crippen LogP) is 3.88. The second-order valence-corrected chi connectivity index (χ2v) is 7.40. The molecule has 2 aromatic rings. The molecule has 144 valence electrons. The monoisotopic (exact) mass is 358 g/mol. The van der Waals surface area contributed by atoms with Crippen molar-refractivity contribution >= 4 is 16.8 Å². The average molecular weight is 359 g/mol. The Bertz CT molecular complexity index is 655. The van der Waals surface area contributed by atoms with Gasteiger partial charge in [0.15, 0.2) is 11.4 Å². The number of fused-ring (bicyclic) bond motifs is 1. The van der Waals surface area contributed by atoms with E-state index in [2.05, 4.69) is 27.1 Å². The maximum atomic E-state index is 6.01. The molecule has 4 rings (SSSR count). The summed E-state index contributed by atoms with van der Waals surface area (Å²) in [7, 11) is 0. The van der Waals surface area contributed by atoms with E-state index in [1.54, 1.807) is 0 Å². The number of para-hydroxylation sites is 1. The van der Waals surface area contributed by atoms with Crippen molar-refractivity contribution in [3.63, 3.8) is 0 Å². The summed E-state index contributed by atoms with van der Waals surface area (Å²) in [5.74, 6) is 1.90. The number of hydrogen-bond donors (Lipinski definition) is 1. The highest BCUT2D eigenvalue weighted by molar-refractivity contribution is 5.88. The second-order valence-electron chi connectivity index (χ2n) is 7.40. The molecule has 1 aromatic heterocycles. The normalized spacial score (nSPS) is 24.3. The van der Waals surface area contributed by atoms with Gasteiger partial charge >= 0.3 is 0 Å². The summed E-state index contributed by atoms with van der Waals surface area (Å²) in [6.07, 6.45) is 6.42. The molecule has 2 fully saturated rings. The average Bonchev–Trinajstić information content (AvgIpc) is 3.14. The van der Waals surface area contributed by atoms with E-state index in [1.165, 1.54) is 38.6 Å². The quantitative estimate of drug-likeness (QED) is 0.899. The Kier molecular flexibility index (Phi) is 6.92. The van der Waals surface area contributed by atoms with Crippen LogP contribution in [-0.4, -0.2) is 48.8 Å². The van der Waals surface area contributed by atoms with E-state index >= 15 is 0 Å². The molecule has 0 unspecified atom stereocenters. The number of nitrogens with zero attached hydrogens (tertiary/aromatic N) is 3. The van der Waals surface area contributed by atoms with Crippen molar-refractivity contribution in [3.8, 4) is 0 Å². The molecule has 5 heteroatoms. The molecule has 0 bridgehead atoms. The van der Waals surface area contributed by atoms with Gasteiger partial charge in [0.25, 0.3) is 0 Å². The van der Waals surface area contributed by atoms with Gasteiger partial charge in [-0.25, -0.2) is 0 Å². The van der Waals surface area contributed by atoms with Crippen LogP contribution in [0.5, 0.6) is 0 Å². The van der Waals surface area contributed by atoms with Gasteiger partial charge < -0.3 is 15.2 Å². The fourth-order valence-electron chi connectivity index (χ4n) is 4.13. The van der Waals surface area contributed by atoms with Gasteiger partial charge in [0, 0.05) is 32.2 Å². The number of rotatable bonds is 4. The number of nitrogens with two attached hydrogens (primary N) is 1. The van der Waals surface area contributed by atoms with Gasteiger partial charge in [0.2, 0.25) is 0 Å². The van der Waals surface area contributed by atoms with Crippen LogP contribution in [-0.2, 0) is 0 Å². The minimum absolute atomic E-state index is 0.460. The molecule has 2 aliphatic rings. The van der Waals surface area contributed by atoms with Gasteiger partial charge in [0.1, 0.15) is 0 Å². The van der Waals surface area contributed by atoms with Gasteiger partial charge in [-0.2, -0.15) is 0 Å². The minimum Gasteiger partial charge on any atom is -0.354 e. The van der Waals surface area contributed by atoms with E-state index in [9.17, 15) is 0 Å². The summed E-state index contributed by atoms with van der Waals surface area (Å²) >= 11 is 0. The van der Waals surface area contributed by atoms with Gasteiger partial charge in [-0.1, -0.05) is 31.1 Å². The molecule has 0 atom stereocenters. The molecular weight excluding hydrogens is 324 g/mol. The topological polar surface area (TPSA) is 58.5 Å². The molecule has 1 saturated heterocycles. The molecule has 2 heterocycles. The highest BCUT2D eigenvalue weighted by Gasteiger charge is 2.23. The van der Waals surface area contributed by atoms with Crippen LogP contribution in [0.1, 0.15) is 46.0 Å². The van der Waals surface area contributed by atoms with E-state index in [0.29, 0.717) is 6.04 Å². The van der Waals surface area contributed by atoms with Crippen LogP contribution >= 0.6 is 0 Å². The molecule has 1 aromatic carbocycles. The Morgan fingerprint density at radius 1 is 1.04 bits per heavy atom. The summed E-state index contributed by atoms with van der Waals surface area (Å²) in [6, 6.07) is 8.59. The van der Waals surface area contributed by atoms with Crippen LogP contribution < -0.4 is 10.6 Å². The number of hydrogen-bond acceptors (Lipinski definition) is 5. The molecule has 1 aliphatic heterocycles. The van der Waals surface area contributed by atoms with Crippen molar-refractivity contribution < 1.29 is 4.52 Å². The smallest absolute Gasteiger partial charge is 0.180 e. The summed E-state index contributed by atoms with van der Waals surface area (Å²) < 4.78 is 5.45. The number of anilines is 1. The molecule has 0 amide bonds. The zero-order chi connectivity index (χ0) is 18.4. The third-order valence-corrected chi connectivity index (χ3v) is 5.78. The molecule has 1 saturated carbocycles. The Hall–Kier alpha value is -1.59. The summed E-state index contributed by atoms with van der Waals surface area (Å²) in [6.45, 7) is 9.53. The fraction of sp³-hybridized carbons (Fsp3) is 0.667. The lowest BCUT2D eigenvalue weighted by molar-refractivity contribution is 0.216. The second kappa shape index (κ2) is 9.38. The lowest BCUT2D eigenvalue weighted by atomic mass is 9.84. The molecule has 1 aliphatic carbocycles. The SMILES string of the molecule is CC.NC1CCC(CCN2CCN(c3noc4ccccc34)CC2)CC1. The van der Waals surface area contributed by atoms with E-state index in [0.717, 1.165) is 48.9 Å². The van der Waals surface area contributed by atoms with Gasteiger partial charge in [-0.3, -0.25) is 4.90 Å². The lowest BCUT2D eigenvalue weighted by Gasteiger charge is -2.36. The van der Waals surface area contributed by atoms with Crippen LogP contribution in [0, 0.1) is 5.92 Å². The lowest BCUT2D eigenvalue weighted by Crippen LogP contribution is -2.47. The van der Waals surface area contributed by atoms with Crippen molar-refractivity contribution in [1.29, 1.82) is 0 Å². The van der Waals surface area contributed by atoms with Crippen molar-refractivity contribution in [2.75, 3.05) is 37.6 Å². The number of benzene rings is 1. The van der Waals surface area contributed by atoms with Crippen LogP contribution in [0.4, 0.5) is 5.82 Å². The Labute approximate surface area is 157 Å². The van der Waals surface area contributed by atoms with Crippen molar-refractivity contribution in [2.45, 2.75) is 52.0 Å². The Balaban J connectivity index is 0.000000948. The first-order valence-electron chi connectivity index (χ1n) is 10.4. The molecule has 0 radical (unpaired) electrons. The first kappa shape index (κ1) is 19.2. The molecule has 2 N–H and O–H groups in total. The van der Waals surface area contributed by atoms with Gasteiger partial charge in [-0.05, 0) is 56.7 Å². The van der Waals surface area contributed by atoms with Gasteiger partial charge in [-0.15, -0.1) is 0 Å². The van der Waals surface area contributed by atoms with Crippen molar-refractivity contribution in [1.82, 2.24) is 10.1 Å². The standard InChI is InChI=1S/C19H28N4O.C2H6/c20-16-7-5-15(6-8-16)9-10-22-11-13-23(14-12-22)19-17-3-1-2-4-18(17)24-21-19;1-2/h1-4,15-16H,5-14,20H2;1-2H3. The van der Waals surface area contributed by atoms with Crippen LogP contribution in [0.2, 0.25) is 0 Å². The zero-order valence-electron chi connectivity index (χ0n) is 16.4. The highest BCUT2D eigenvalue weighted by atomic mass is 16.5. The van der Waals surface area contributed by atoms with Crippen molar-refractivity contribution in [3.05, 3.63) is 24.3 Å². The minimum atomic E-state index is 0.460.